The van der Waals surface area contributed by atoms with Crippen molar-refractivity contribution >= 4 is 16.3 Å². The predicted molar refractivity (Wildman–Crippen MR) is 70.9 cm³/mol. The lowest BCUT2D eigenvalue weighted by atomic mass is 9.74. The molecule has 1 aliphatic rings. The SMILES string of the molecule is CC.CC1(C)CCC(F)c2sc(N)c(C#N)c21. The van der Waals surface area contributed by atoms with E-state index in [-0.39, 0.29) is 5.41 Å². The van der Waals surface area contributed by atoms with Crippen LogP contribution >= 0.6 is 11.3 Å². The summed E-state index contributed by atoms with van der Waals surface area (Å²) in [5, 5.41) is 9.49. The normalized spacial score (nSPS) is 20.8. The van der Waals surface area contributed by atoms with Crippen LogP contribution in [0.25, 0.3) is 0 Å². The molecule has 2 rings (SSSR count). The molecule has 17 heavy (non-hydrogen) atoms. The molecule has 2 nitrogen and oxygen atoms in total. The molecule has 1 atom stereocenters. The van der Waals surface area contributed by atoms with Crippen molar-refractivity contribution in [1.29, 1.82) is 5.26 Å². The van der Waals surface area contributed by atoms with Gasteiger partial charge in [0.2, 0.25) is 0 Å². The van der Waals surface area contributed by atoms with Crippen LogP contribution in [0.1, 0.15) is 62.7 Å². The highest BCUT2D eigenvalue weighted by Crippen LogP contribution is 2.50. The van der Waals surface area contributed by atoms with Gasteiger partial charge in [-0.25, -0.2) is 4.39 Å². The van der Waals surface area contributed by atoms with Crippen molar-refractivity contribution in [3.05, 3.63) is 16.0 Å². The van der Waals surface area contributed by atoms with Gasteiger partial charge in [-0.05, 0) is 23.8 Å². The number of nitrogens with two attached hydrogens (primary N) is 1. The highest BCUT2D eigenvalue weighted by Gasteiger charge is 2.37. The molecule has 1 unspecified atom stereocenters. The van der Waals surface area contributed by atoms with Crippen molar-refractivity contribution in [2.75, 3.05) is 5.73 Å². The molecule has 0 aromatic carbocycles. The smallest absolute Gasteiger partial charge is 0.135 e. The van der Waals surface area contributed by atoms with Gasteiger partial charge in [-0.1, -0.05) is 27.7 Å². The van der Waals surface area contributed by atoms with E-state index in [0.717, 1.165) is 12.0 Å². The molecular formula is C13H19FN2S. The standard InChI is InChI=1S/C11H13FN2S.C2H6/c1-11(2)4-3-7(12)9-8(11)6(5-13)10(14)15-9;1-2/h7H,3-4,14H2,1-2H3;1-2H3. The zero-order valence-corrected chi connectivity index (χ0v) is 11.6. The van der Waals surface area contributed by atoms with Crippen LogP contribution < -0.4 is 5.73 Å². The van der Waals surface area contributed by atoms with Gasteiger partial charge < -0.3 is 5.73 Å². The second-order valence-electron chi connectivity index (χ2n) is 4.58. The Hall–Kier alpha value is -1.08. The van der Waals surface area contributed by atoms with Gasteiger partial charge in [0.1, 0.15) is 17.2 Å². The Kier molecular flexibility index (Phi) is 4.16. The largest absolute Gasteiger partial charge is 0.389 e. The average Bonchev–Trinajstić information content (AvgIpc) is 2.65. The van der Waals surface area contributed by atoms with Crippen molar-refractivity contribution in [1.82, 2.24) is 0 Å². The number of rotatable bonds is 0. The van der Waals surface area contributed by atoms with Crippen LogP contribution in [0.4, 0.5) is 9.39 Å². The second kappa shape index (κ2) is 5.05. The summed E-state index contributed by atoms with van der Waals surface area (Å²) in [7, 11) is 0. The number of anilines is 1. The number of nitriles is 1. The number of nitrogen functional groups attached to an aromatic ring is 1. The minimum Gasteiger partial charge on any atom is -0.389 e. The Balaban J connectivity index is 0.000000686. The van der Waals surface area contributed by atoms with Gasteiger partial charge in [-0.15, -0.1) is 11.3 Å². The first-order chi connectivity index (χ1) is 7.97. The number of nitrogens with zero attached hydrogens (tertiary/aromatic N) is 1. The van der Waals surface area contributed by atoms with E-state index < -0.39 is 6.17 Å². The molecule has 0 saturated carbocycles. The summed E-state index contributed by atoms with van der Waals surface area (Å²) in [6.45, 7) is 8.09. The van der Waals surface area contributed by atoms with Gasteiger partial charge in [0.25, 0.3) is 0 Å². The molecular weight excluding hydrogens is 235 g/mol. The van der Waals surface area contributed by atoms with Gasteiger partial charge >= 0.3 is 0 Å². The summed E-state index contributed by atoms with van der Waals surface area (Å²) in [5.41, 5.74) is 6.94. The summed E-state index contributed by atoms with van der Waals surface area (Å²) < 4.78 is 13.7. The Morgan fingerprint density at radius 3 is 2.59 bits per heavy atom. The van der Waals surface area contributed by atoms with E-state index in [1.165, 1.54) is 11.3 Å². The molecule has 0 bridgehead atoms. The Bertz CT molecular complexity index is 443. The fourth-order valence-corrected chi connectivity index (χ4v) is 3.43. The van der Waals surface area contributed by atoms with Crippen LogP contribution in [0.5, 0.6) is 0 Å². The fraction of sp³-hybridized carbons (Fsp3) is 0.615. The Labute approximate surface area is 106 Å². The molecule has 4 heteroatoms. The van der Waals surface area contributed by atoms with Crippen molar-refractivity contribution < 1.29 is 4.39 Å². The summed E-state index contributed by atoms with van der Waals surface area (Å²) >= 11 is 1.23. The maximum atomic E-state index is 13.7. The summed E-state index contributed by atoms with van der Waals surface area (Å²) in [6.07, 6.45) is 0.360. The highest BCUT2D eigenvalue weighted by atomic mass is 32.1. The lowest BCUT2D eigenvalue weighted by molar-refractivity contribution is 0.265. The van der Waals surface area contributed by atoms with Gasteiger partial charge in [0.05, 0.1) is 5.56 Å². The van der Waals surface area contributed by atoms with Gasteiger partial charge in [-0.2, -0.15) is 5.26 Å². The van der Waals surface area contributed by atoms with E-state index in [2.05, 4.69) is 6.07 Å². The van der Waals surface area contributed by atoms with E-state index in [0.29, 0.717) is 21.9 Å². The average molecular weight is 254 g/mol. The predicted octanol–water partition coefficient (Wildman–Crippen LogP) is 4.31. The lowest BCUT2D eigenvalue weighted by Gasteiger charge is -2.31. The molecule has 94 valence electrons. The molecule has 1 aromatic rings. The van der Waals surface area contributed by atoms with E-state index in [9.17, 15) is 4.39 Å². The number of thiophene rings is 1. The van der Waals surface area contributed by atoms with Crippen LogP contribution in [0.2, 0.25) is 0 Å². The van der Waals surface area contributed by atoms with Gasteiger partial charge in [-0.3, -0.25) is 0 Å². The van der Waals surface area contributed by atoms with E-state index in [1.807, 2.05) is 27.7 Å². The molecule has 0 radical (unpaired) electrons. The molecule has 0 saturated heterocycles. The molecule has 0 spiro atoms. The number of halogens is 1. The number of hydrogen-bond acceptors (Lipinski definition) is 3. The number of fused-ring (bicyclic) bond motifs is 1. The van der Waals surface area contributed by atoms with E-state index >= 15 is 0 Å². The topological polar surface area (TPSA) is 49.8 Å². The quantitative estimate of drug-likeness (QED) is 0.750. The first-order valence-electron chi connectivity index (χ1n) is 5.94. The van der Waals surface area contributed by atoms with Crippen LogP contribution in [0, 0.1) is 11.3 Å². The Morgan fingerprint density at radius 2 is 2.06 bits per heavy atom. The van der Waals surface area contributed by atoms with Crippen molar-refractivity contribution in [2.24, 2.45) is 0 Å². The van der Waals surface area contributed by atoms with Crippen LogP contribution in [0.3, 0.4) is 0 Å². The number of alkyl halides is 1. The Morgan fingerprint density at radius 1 is 1.47 bits per heavy atom. The first-order valence-corrected chi connectivity index (χ1v) is 6.76. The molecule has 2 N–H and O–H groups in total. The third kappa shape index (κ3) is 2.30. The van der Waals surface area contributed by atoms with Crippen molar-refractivity contribution in [3.8, 4) is 6.07 Å². The molecule has 1 aliphatic carbocycles. The van der Waals surface area contributed by atoms with Gasteiger partial charge in [0, 0.05) is 4.88 Å². The molecule has 0 fully saturated rings. The van der Waals surface area contributed by atoms with Crippen LogP contribution in [-0.2, 0) is 5.41 Å². The first kappa shape index (κ1) is 14.0. The molecule has 0 aliphatic heterocycles. The van der Waals surface area contributed by atoms with Crippen molar-refractivity contribution in [3.63, 3.8) is 0 Å². The summed E-state index contributed by atoms with van der Waals surface area (Å²) in [6, 6.07) is 2.10. The van der Waals surface area contributed by atoms with E-state index in [1.54, 1.807) is 0 Å². The zero-order chi connectivity index (χ0) is 13.2. The molecule has 1 heterocycles. The van der Waals surface area contributed by atoms with Crippen LogP contribution in [-0.4, -0.2) is 0 Å². The molecule has 0 amide bonds. The fourth-order valence-electron chi connectivity index (χ4n) is 2.21. The summed E-state index contributed by atoms with van der Waals surface area (Å²) in [4.78, 5) is 0.667. The monoisotopic (exact) mass is 254 g/mol. The third-order valence-corrected chi connectivity index (χ3v) is 4.16. The van der Waals surface area contributed by atoms with Crippen LogP contribution in [0.15, 0.2) is 0 Å². The molecule has 1 aromatic heterocycles. The maximum absolute atomic E-state index is 13.7. The third-order valence-electron chi connectivity index (χ3n) is 3.06. The highest BCUT2D eigenvalue weighted by molar-refractivity contribution is 7.16. The lowest BCUT2D eigenvalue weighted by Crippen LogP contribution is -2.24. The summed E-state index contributed by atoms with van der Waals surface area (Å²) in [5.74, 6) is 0. The van der Waals surface area contributed by atoms with Crippen molar-refractivity contribution in [2.45, 2.75) is 52.1 Å². The van der Waals surface area contributed by atoms with Gasteiger partial charge in [0.15, 0.2) is 0 Å². The zero-order valence-electron chi connectivity index (χ0n) is 10.8. The number of hydrogen-bond donors (Lipinski definition) is 1. The van der Waals surface area contributed by atoms with E-state index in [4.69, 9.17) is 11.0 Å². The minimum absolute atomic E-state index is 0.128. The minimum atomic E-state index is -0.942. The second-order valence-corrected chi connectivity index (χ2v) is 5.67. The maximum Gasteiger partial charge on any atom is 0.135 e.